The van der Waals surface area contributed by atoms with E-state index in [-0.39, 0.29) is 11.7 Å². The molecule has 2 fully saturated rings. The quantitative estimate of drug-likeness (QED) is 0.630. The molecule has 1 aliphatic carbocycles. The molecular weight excluding hydrogens is 263 g/mol. The maximum absolute atomic E-state index is 14.4. The van der Waals surface area contributed by atoms with Crippen molar-refractivity contribution in [1.82, 2.24) is 14.7 Å². The fourth-order valence-corrected chi connectivity index (χ4v) is 3.42. The van der Waals surface area contributed by atoms with Crippen LogP contribution >= 0.6 is 0 Å². The first-order valence-electron chi connectivity index (χ1n) is 7.22. The zero-order valence-electron chi connectivity index (χ0n) is 11.3. The lowest BCUT2D eigenvalue weighted by Crippen LogP contribution is -2.46. The van der Waals surface area contributed by atoms with Gasteiger partial charge >= 0.3 is 5.69 Å². The first-order valence-corrected chi connectivity index (χ1v) is 7.22. The Morgan fingerprint density at radius 2 is 2.10 bits per heavy atom. The van der Waals surface area contributed by atoms with Gasteiger partial charge in [0.25, 0.3) is 0 Å². The van der Waals surface area contributed by atoms with E-state index in [1.54, 1.807) is 0 Å². The van der Waals surface area contributed by atoms with E-state index in [1.807, 2.05) is 0 Å². The molecule has 6 nitrogen and oxygen atoms in total. The van der Waals surface area contributed by atoms with E-state index < -0.39 is 11.1 Å². The predicted molar refractivity (Wildman–Crippen MR) is 71.3 cm³/mol. The Morgan fingerprint density at radius 3 is 2.70 bits per heavy atom. The summed E-state index contributed by atoms with van der Waals surface area (Å²) in [5, 5.41) is 14.6. The van der Waals surface area contributed by atoms with E-state index in [0.29, 0.717) is 19.0 Å². The number of hydrogen-bond acceptors (Lipinski definition) is 4. The highest BCUT2D eigenvalue weighted by atomic mass is 19.1. The van der Waals surface area contributed by atoms with Gasteiger partial charge in [0.05, 0.1) is 11.0 Å². The molecule has 0 amide bonds. The van der Waals surface area contributed by atoms with Crippen LogP contribution in [0.1, 0.15) is 38.1 Å². The molecule has 0 N–H and O–H groups in total. The molecule has 1 saturated carbocycles. The highest BCUT2D eigenvalue weighted by molar-refractivity contribution is 5.21. The predicted octanol–water partition coefficient (Wildman–Crippen LogP) is 2.32. The molecule has 1 saturated heterocycles. The third-order valence-electron chi connectivity index (χ3n) is 4.52. The summed E-state index contributed by atoms with van der Waals surface area (Å²) >= 11 is 0. The second kappa shape index (κ2) is 5.47. The molecule has 2 aliphatic rings. The maximum atomic E-state index is 14.4. The molecule has 0 unspecified atom stereocenters. The summed E-state index contributed by atoms with van der Waals surface area (Å²) in [6.07, 6.45) is 7.01. The van der Waals surface area contributed by atoms with Gasteiger partial charge in [0, 0.05) is 19.1 Å². The van der Waals surface area contributed by atoms with Crippen molar-refractivity contribution in [3.63, 3.8) is 0 Å². The van der Waals surface area contributed by atoms with Crippen molar-refractivity contribution in [2.24, 2.45) is 0 Å². The van der Waals surface area contributed by atoms with Crippen LogP contribution in [-0.2, 0) is 0 Å². The van der Waals surface area contributed by atoms with Gasteiger partial charge in [-0.1, -0.05) is 12.8 Å². The highest BCUT2D eigenvalue weighted by Crippen LogP contribution is 2.31. The first kappa shape index (κ1) is 13.5. The molecule has 0 bridgehead atoms. The number of halogens is 1. The zero-order valence-corrected chi connectivity index (χ0v) is 11.3. The molecule has 0 aromatic carbocycles. The Balaban J connectivity index is 1.65. The van der Waals surface area contributed by atoms with Crippen LogP contribution in [0.25, 0.3) is 0 Å². The molecule has 20 heavy (non-hydrogen) atoms. The summed E-state index contributed by atoms with van der Waals surface area (Å²) in [5.74, 6) is 0. The topological polar surface area (TPSA) is 64.2 Å². The van der Waals surface area contributed by atoms with Crippen LogP contribution in [0.15, 0.2) is 12.4 Å². The van der Waals surface area contributed by atoms with Crippen LogP contribution in [0.4, 0.5) is 10.1 Å². The minimum Gasteiger partial charge on any atom is -0.297 e. The molecule has 0 spiro atoms. The summed E-state index contributed by atoms with van der Waals surface area (Å²) in [6.45, 7) is 1.27. The second-order valence-corrected chi connectivity index (χ2v) is 5.74. The molecule has 2 heterocycles. The van der Waals surface area contributed by atoms with Crippen LogP contribution in [-0.4, -0.2) is 44.9 Å². The summed E-state index contributed by atoms with van der Waals surface area (Å²) in [6, 6.07) is 0.155. The van der Waals surface area contributed by atoms with Gasteiger partial charge < -0.3 is 0 Å². The van der Waals surface area contributed by atoms with Gasteiger partial charge in [0.2, 0.25) is 0 Å². The van der Waals surface area contributed by atoms with Crippen LogP contribution < -0.4 is 0 Å². The van der Waals surface area contributed by atoms with Gasteiger partial charge in [-0.25, -0.2) is 4.39 Å². The Morgan fingerprint density at radius 1 is 1.35 bits per heavy atom. The second-order valence-electron chi connectivity index (χ2n) is 5.74. The van der Waals surface area contributed by atoms with Gasteiger partial charge in [-0.05, 0) is 19.3 Å². The molecular formula is C13H19FN4O2. The molecule has 3 rings (SSSR count). The molecule has 2 atom stereocenters. The van der Waals surface area contributed by atoms with E-state index in [1.165, 1.54) is 42.8 Å². The zero-order chi connectivity index (χ0) is 14.1. The summed E-state index contributed by atoms with van der Waals surface area (Å²) in [5.41, 5.74) is -0.0737. The van der Waals surface area contributed by atoms with Crippen molar-refractivity contribution >= 4 is 5.69 Å². The van der Waals surface area contributed by atoms with Gasteiger partial charge in [0.1, 0.15) is 18.6 Å². The summed E-state index contributed by atoms with van der Waals surface area (Å²) in [7, 11) is 0. The minimum absolute atomic E-state index is 0.0737. The van der Waals surface area contributed by atoms with E-state index in [0.717, 1.165) is 6.54 Å². The van der Waals surface area contributed by atoms with Gasteiger partial charge in [0.15, 0.2) is 0 Å². The van der Waals surface area contributed by atoms with Crippen LogP contribution in [0.3, 0.4) is 0 Å². The van der Waals surface area contributed by atoms with Crippen molar-refractivity contribution in [3.05, 3.63) is 22.5 Å². The van der Waals surface area contributed by atoms with Crippen molar-refractivity contribution in [2.45, 2.75) is 50.4 Å². The monoisotopic (exact) mass is 282 g/mol. The van der Waals surface area contributed by atoms with Crippen molar-refractivity contribution in [2.75, 3.05) is 13.1 Å². The number of nitro groups is 1. The number of piperidine rings is 1. The molecule has 7 heteroatoms. The van der Waals surface area contributed by atoms with E-state index in [4.69, 9.17) is 0 Å². The Kier molecular flexibility index (Phi) is 3.69. The summed E-state index contributed by atoms with van der Waals surface area (Å²) < 4.78 is 15.8. The lowest BCUT2D eigenvalue weighted by atomic mass is 10.0. The Hall–Kier alpha value is -1.50. The molecule has 1 aromatic rings. The maximum Gasteiger partial charge on any atom is 0.307 e. The lowest BCUT2D eigenvalue weighted by Gasteiger charge is -2.38. The average molecular weight is 282 g/mol. The Bertz CT molecular complexity index is 486. The third kappa shape index (κ3) is 2.54. The molecule has 110 valence electrons. The fraction of sp³-hybridized carbons (Fsp3) is 0.769. The number of aromatic nitrogens is 2. The van der Waals surface area contributed by atoms with Gasteiger partial charge in [-0.2, -0.15) is 5.10 Å². The van der Waals surface area contributed by atoms with Crippen LogP contribution in [0, 0.1) is 10.1 Å². The molecule has 1 aliphatic heterocycles. The number of likely N-dealkylation sites (tertiary alicyclic amines) is 1. The first-order chi connectivity index (χ1) is 9.65. The van der Waals surface area contributed by atoms with Crippen LogP contribution in [0.5, 0.6) is 0 Å². The third-order valence-corrected chi connectivity index (χ3v) is 4.52. The summed E-state index contributed by atoms with van der Waals surface area (Å²) in [4.78, 5) is 12.4. The SMILES string of the molecule is O=[N+]([O-])c1cnn([C@@H]2CCN(C3CCCC3)C[C@H]2F)c1. The minimum atomic E-state index is -1.01. The fourth-order valence-electron chi connectivity index (χ4n) is 3.42. The highest BCUT2D eigenvalue weighted by Gasteiger charge is 2.35. The van der Waals surface area contributed by atoms with E-state index in [9.17, 15) is 14.5 Å². The number of nitrogens with zero attached hydrogens (tertiary/aromatic N) is 4. The standard InChI is InChI=1S/C13H19FN4O2/c14-12-9-16(10-3-1-2-4-10)6-5-13(12)17-8-11(7-15-17)18(19)20/h7-8,10,12-13H,1-6,9H2/t12-,13-/m1/s1. The van der Waals surface area contributed by atoms with Gasteiger partial charge in [-0.3, -0.25) is 19.7 Å². The number of rotatable bonds is 3. The van der Waals surface area contributed by atoms with Crippen molar-refractivity contribution in [1.29, 1.82) is 0 Å². The van der Waals surface area contributed by atoms with Crippen molar-refractivity contribution in [3.8, 4) is 0 Å². The van der Waals surface area contributed by atoms with Crippen molar-refractivity contribution < 1.29 is 9.31 Å². The van der Waals surface area contributed by atoms with E-state index in [2.05, 4.69) is 10.00 Å². The number of hydrogen-bond donors (Lipinski definition) is 0. The smallest absolute Gasteiger partial charge is 0.297 e. The molecule has 1 aromatic heterocycles. The lowest BCUT2D eigenvalue weighted by molar-refractivity contribution is -0.385. The van der Waals surface area contributed by atoms with E-state index >= 15 is 0 Å². The number of alkyl halides is 1. The van der Waals surface area contributed by atoms with Crippen LogP contribution in [0.2, 0.25) is 0 Å². The average Bonchev–Trinajstić information content (AvgIpc) is 3.10. The van der Waals surface area contributed by atoms with Gasteiger partial charge in [-0.15, -0.1) is 0 Å². The largest absolute Gasteiger partial charge is 0.307 e. The normalized spacial score (nSPS) is 28.9. The Labute approximate surface area is 116 Å². The molecule has 0 radical (unpaired) electrons.